The molecule has 1 N–H and O–H groups in total. The Morgan fingerprint density at radius 2 is 1.72 bits per heavy atom. The molecule has 0 spiro atoms. The SMILES string of the molecule is COc1ccc([C@H]2[C@@H]3CN(Cc4ccc(C(=O)O)cc4)C[C@@H]3CN2C(C)=O)cc1. The molecule has 2 aromatic rings. The van der Waals surface area contributed by atoms with Crippen LogP contribution in [-0.2, 0) is 11.3 Å². The summed E-state index contributed by atoms with van der Waals surface area (Å²) in [5, 5.41) is 9.06. The maximum absolute atomic E-state index is 12.3. The molecule has 0 saturated carbocycles. The lowest BCUT2D eigenvalue weighted by Crippen LogP contribution is -2.34. The minimum atomic E-state index is -0.904. The van der Waals surface area contributed by atoms with E-state index >= 15 is 0 Å². The maximum Gasteiger partial charge on any atom is 0.335 e. The van der Waals surface area contributed by atoms with Crippen LogP contribution in [0.3, 0.4) is 0 Å². The Hall–Kier alpha value is -2.86. The fraction of sp³-hybridized carbons (Fsp3) is 0.391. The minimum absolute atomic E-state index is 0.0859. The molecule has 0 unspecified atom stereocenters. The van der Waals surface area contributed by atoms with Crippen molar-refractivity contribution in [3.63, 3.8) is 0 Å². The van der Waals surface area contributed by atoms with Gasteiger partial charge in [0.05, 0.1) is 18.7 Å². The van der Waals surface area contributed by atoms with Crippen molar-refractivity contribution < 1.29 is 19.4 Å². The number of hydrogen-bond acceptors (Lipinski definition) is 4. The van der Waals surface area contributed by atoms with Gasteiger partial charge in [0, 0.05) is 39.0 Å². The third-order valence-electron chi connectivity index (χ3n) is 6.21. The molecule has 2 aromatic carbocycles. The van der Waals surface area contributed by atoms with E-state index in [2.05, 4.69) is 17.0 Å². The fourth-order valence-corrected chi connectivity index (χ4v) is 4.83. The van der Waals surface area contributed by atoms with Crippen LogP contribution in [0.4, 0.5) is 0 Å². The molecule has 2 fully saturated rings. The zero-order valence-corrected chi connectivity index (χ0v) is 16.7. The maximum atomic E-state index is 12.3. The third kappa shape index (κ3) is 3.85. The highest BCUT2D eigenvalue weighted by Crippen LogP contribution is 2.45. The zero-order valence-electron chi connectivity index (χ0n) is 16.7. The van der Waals surface area contributed by atoms with Crippen molar-refractivity contribution in [3.05, 3.63) is 65.2 Å². The van der Waals surface area contributed by atoms with Crippen LogP contribution in [0.5, 0.6) is 5.75 Å². The highest BCUT2D eigenvalue weighted by molar-refractivity contribution is 5.87. The summed E-state index contributed by atoms with van der Waals surface area (Å²) in [6.45, 7) is 5.10. The molecular weight excluding hydrogens is 368 g/mol. The first-order valence-corrected chi connectivity index (χ1v) is 9.92. The number of carboxylic acids is 1. The third-order valence-corrected chi connectivity index (χ3v) is 6.21. The first-order valence-electron chi connectivity index (χ1n) is 9.92. The number of amides is 1. The van der Waals surface area contributed by atoms with Crippen molar-refractivity contribution in [2.24, 2.45) is 11.8 Å². The highest BCUT2D eigenvalue weighted by atomic mass is 16.5. The van der Waals surface area contributed by atoms with Gasteiger partial charge in [-0.2, -0.15) is 0 Å². The standard InChI is InChI=1S/C23H26N2O4/c1-15(26)25-13-19-12-24(11-16-3-5-18(6-4-16)23(27)28)14-21(19)22(25)17-7-9-20(29-2)10-8-17/h3-10,19,21-22H,11-14H2,1-2H3,(H,27,28)/t19-,21-,22+/m1/s1. The van der Waals surface area contributed by atoms with Crippen LogP contribution in [0.25, 0.3) is 0 Å². The van der Waals surface area contributed by atoms with Crippen LogP contribution >= 0.6 is 0 Å². The number of benzene rings is 2. The minimum Gasteiger partial charge on any atom is -0.497 e. The molecule has 0 bridgehead atoms. The van der Waals surface area contributed by atoms with E-state index in [0.29, 0.717) is 17.4 Å². The summed E-state index contributed by atoms with van der Waals surface area (Å²) in [6, 6.07) is 15.2. The molecule has 0 aliphatic carbocycles. The number of aromatic carboxylic acids is 1. The summed E-state index contributed by atoms with van der Waals surface area (Å²) in [6.07, 6.45) is 0. The predicted octanol–water partition coefficient (Wildman–Crippen LogP) is 3.04. The first-order chi connectivity index (χ1) is 14.0. The van der Waals surface area contributed by atoms with E-state index in [4.69, 9.17) is 9.84 Å². The number of likely N-dealkylation sites (tertiary alicyclic amines) is 2. The Balaban J connectivity index is 1.50. The first kappa shape index (κ1) is 19.5. The molecule has 4 rings (SSSR count). The highest BCUT2D eigenvalue weighted by Gasteiger charge is 2.48. The number of ether oxygens (including phenoxy) is 1. The van der Waals surface area contributed by atoms with Gasteiger partial charge in [0.2, 0.25) is 5.91 Å². The van der Waals surface area contributed by atoms with E-state index in [9.17, 15) is 9.59 Å². The number of methoxy groups -OCH3 is 1. The van der Waals surface area contributed by atoms with Crippen LogP contribution in [0.15, 0.2) is 48.5 Å². The summed E-state index contributed by atoms with van der Waals surface area (Å²) in [5.74, 6) is 0.875. The molecule has 152 valence electrons. The molecule has 29 heavy (non-hydrogen) atoms. The molecule has 1 amide bonds. The molecule has 2 aliphatic rings. The van der Waals surface area contributed by atoms with E-state index in [0.717, 1.165) is 43.1 Å². The molecular formula is C23H26N2O4. The predicted molar refractivity (Wildman–Crippen MR) is 109 cm³/mol. The largest absolute Gasteiger partial charge is 0.497 e. The van der Waals surface area contributed by atoms with E-state index in [-0.39, 0.29) is 11.9 Å². The van der Waals surface area contributed by atoms with Crippen molar-refractivity contribution in [2.45, 2.75) is 19.5 Å². The molecule has 2 aliphatic heterocycles. The fourth-order valence-electron chi connectivity index (χ4n) is 4.83. The number of nitrogens with zero attached hydrogens (tertiary/aromatic N) is 2. The van der Waals surface area contributed by atoms with Gasteiger partial charge in [-0.05, 0) is 41.3 Å². The van der Waals surface area contributed by atoms with E-state index < -0.39 is 5.97 Å². The van der Waals surface area contributed by atoms with Crippen molar-refractivity contribution >= 4 is 11.9 Å². The summed E-state index contributed by atoms with van der Waals surface area (Å²) in [5.41, 5.74) is 2.57. The Bertz CT molecular complexity index is 894. The second-order valence-corrected chi connectivity index (χ2v) is 8.01. The summed E-state index contributed by atoms with van der Waals surface area (Å²) in [7, 11) is 1.65. The average molecular weight is 394 g/mol. The summed E-state index contributed by atoms with van der Waals surface area (Å²) >= 11 is 0. The van der Waals surface area contributed by atoms with Crippen LogP contribution in [-0.4, -0.2) is 53.5 Å². The quantitative estimate of drug-likeness (QED) is 0.844. The Labute approximate surface area is 170 Å². The monoisotopic (exact) mass is 394 g/mol. The number of fused-ring (bicyclic) bond motifs is 1. The number of hydrogen-bond donors (Lipinski definition) is 1. The average Bonchev–Trinajstić information content (AvgIpc) is 3.26. The topological polar surface area (TPSA) is 70.1 Å². The van der Waals surface area contributed by atoms with Gasteiger partial charge in [0.15, 0.2) is 0 Å². The lowest BCUT2D eigenvalue weighted by atomic mass is 9.89. The molecule has 6 heteroatoms. The number of carbonyl (C=O) groups is 2. The summed E-state index contributed by atoms with van der Waals surface area (Å²) < 4.78 is 5.27. The second-order valence-electron chi connectivity index (χ2n) is 8.01. The lowest BCUT2D eigenvalue weighted by Gasteiger charge is -2.29. The number of carbonyl (C=O) groups excluding carboxylic acids is 1. The molecule has 0 radical (unpaired) electrons. The molecule has 2 heterocycles. The van der Waals surface area contributed by atoms with Gasteiger partial charge in [0.25, 0.3) is 0 Å². The molecule has 2 saturated heterocycles. The molecule has 0 aromatic heterocycles. The van der Waals surface area contributed by atoms with Gasteiger partial charge in [-0.3, -0.25) is 9.69 Å². The van der Waals surface area contributed by atoms with Gasteiger partial charge >= 0.3 is 5.97 Å². The lowest BCUT2D eigenvalue weighted by molar-refractivity contribution is -0.130. The van der Waals surface area contributed by atoms with Crippen LogP contribution in [0.1, 0.15) is 34.5 Å². The normalized spacial score (nSPS) is 23.8. The molecule has 3 atom stereocenters. The number of carboxylic acid groups (broad SMARTS) is 1. The van der Waals surface area contributed by atoms with Crippen molar-refractivity contribution in [1.82, 2.24) is 9.80 Å². The van der Waals surface area contributed by atoms with Crippen molar-refractivity contribution in [2.75, 3.05) is 26.7 Å². The molecule has 6 nitrogen and oxygen atoms in total. The number of rotatable bonds is 5. The van der Waals surface area contributed by atoms with Gasteiger partial charge in [-0.15, -0.1) is 0 Å². The van der Waals surface area contributed by atoms with Crippen molar-refractivity contribution in [1.29, 1.82) is 0 Å². The van der Waals surface area contributed by atoms with E-state index in [1.165, 1.54) is 0 Å². The van der Waals surface area contributed by atoms with Gasteiger partial charge in [-0.1, -0.05) is 24.3 Å². The Morgan fingerprint density at radius 1 is 1.03 bits per heavy atom. The van der Waals surface area contributed by atoms with Crippen LogP contribution in [0, 0.1) is 11.8 Å². The van der Waals surface area contributed by atoms with Crippen LogP contribution < -0.4 is 4.74 Å². The van der Waals surface area contributed by atoms with Gasteiger partial charge in [-0.25, -0.2) is 4.79 Å². The Kier molecular flexibility index (Phi) is 5.28. The van der Waals surface area contributed by atoms with Crippen molar-refractivity contribution in [3.8, 4) is 5.75 Å². The smallest absolute Gasteiger partial charge is 0.335 e. The second kappa shape index (κ2) is 7.87. The van der Waals surface area contributed by atoms with Crippen LogP contribution in [0.2, 0.25) is 0 Å². The van der Waals surface area contributed by atoms with Gasteiger partial charge in [0.1, 0.15) is 5.75 Å². The Morgan fingerprint density at radius 3 is 2.31 bits per heavy atom. The summed E-state index contributed by atoms with van der Waals surface area (Å²) in [4.78, 5) is 27.7. The zero-order chi connectivity index (χ0) is 20.5. The van der Waals surface area contributed by atoms with E-state index in [1.54, 1.807) is 26.2 Å². The van der Waals surface area contributed by atoms with Gasteiger partial charge < -0.3 is 14.7 Å². The van der Waals surface area contributed by atoms with E-state index in [1.807, 2.05) is 29.2 Å².